The van der Waals surface area contributed by atoms with Crippen LogP contribution in [-0.4, -0.2) is 35.6 Å². The van der Waals surface area contributed by atoms with Gasteiger partial charge in [-0.2, -0.15) is 0 Å². The minimum absolute atomic E-state index is 0.294. The van der Waals surface area contributed by atoms with Gasteiger partial charge in [-0.3, -0.25) is 4.90 Å². The normalized spacial score (nSPS) is 16.2. The highest BCUT2D eigenvalue weighted by Crippen LogP contribution is 2.29. The number of hydrogen-bond acceptors (Lipinski definition) is 2. The average Bonchev–Trinajstić information content (AvgIpc) is 2.86. The molecule has 3 nitrogen and oxygen atoms in total. The summed E-state index contributed by atoms with van der Waals surface area (Å²) in [5, 5.41) is 8.65. The first-order chi connectivity index (χ1) is 6.13. The van der Waals surface area contributed by atoms with Crippen LogP contribution in [0.25, 0.3) is 0 Å². The fourth-order valence-electron chi connectivity index (χ4n) is 1.31. The highest BCUT2D eigenvalue weighted by atomic mass is 16.4. The van der Waals surface area contributed by atoms with E-state index in [-0.39, 0.29) is 0 Å². The summed E-state index contributed by atoms with van der Waals surface area (Å²) in [5.41, 5.74) is 0.294. The van der Waals surface area contributed by atoms with Gasteiger partial charge in [0.15, 0.2) is 0 Å². The van der Waals surface area contributed by atoms with E-state index in [1.807, 2.05) is 0 Å². The smallest absolute Gasteiger partial charge is 0.332 e. The summed E-state index contributed by atoms with van der Waals surface area (Å²) in [6.07, 6.45) is 2.60. The van der Waals surface area contributed by atoms with E-state index in [1.54, 1.807) is 0 Å². The van der Waals surface area contributed by atoms with Crippen molar-refractivity contribution in [1.29, 1.82) is 0 Å². The van der Waals surface area contributed by atoms with Gasteiger partial charge in [0.25, 0.3) is 0 Å². The van der Waals surface area contributed by atoms with Crippen LogP contribution in [0.2, 0.25) is 0 Å². The Kier molecular flexibility index (Phi) is 3.48. The van der Waals surface area contributed by atoms with E-state index in [1.165, 1.54) is 12.8 Å². The topological polar surface area (TPSA) is 40.5 Å². The number of aliphatic carboxylic acids is 1. The molecule has 0 heterocycles. The van der Waals surface area contributed by atoms with Gasteiger partial charge in [-0.25, -0.2) is 4.79 Å². The van der Waals surface area contributed by atoms with Gasteiger partial charge in [0.2, 0.25) is 0 Å². The molecule has 0 spiro atoms. The molecule has 3 heteroatoms. The number of rotatable bonds is 6. The lowest BCUT2D eigenvalue weighted by molar-refractivity contribution is -0.132. The summed E-state index contributed by atoms with van der Waals surface area (Å²) in [6, 6.07) is 0. The van der Waals surface area contributed by atoms with Crippen molar-refractivity contribution in [2.24, 2.45) is 5.92 Å². The van der Waals surface area contributed by atoms with E-state index in [0.29, 0.717) is 12.1 Å². The summed E-state index contributed by atoms with van der Waals surface area (Å²) in [5.74, 6) is -0.0733. The first-order valence-electron chi connectivity index (χ1n) is 4.77. The highest BCUT2D eigenvalue weighted by molar-refractivity contribution is 5.86. The van der Waals surface area contributed by atoms with Gasteiger partial charge in [0.05, 0.1) is 0 Å². The number of carboxylic acid groups (broad SMARTS) is 1. The Morgan fingerprint density at radius 2 is 2.23 bits per heavy atom. The predicted octanol–water partition coefficient (Wildman–Crippen LogP) is 1.36. The van der Waals surface area contributed by atoms with Crippen molar-refractivity contribution in [2.75, 3.05) is 19.6 Å². The van der Waals surface area contributed by atoms with E-state index < -0.39 is 5.97 Å². The van der Waals surface area contributed by atoms with Crippen molar-refractivity contribution in [3.05, 3.63) is 12.2 Å². The fourth-order valence-corrected chi connectivity index (χ4v) is 1.31. The van der Waals surface area contributed by atoms with Crippen molar-refractivity contribution in [1.82, 2.24) is 4.90 Å². The zero-order valence-corrected chi connectivity index (χ0v) is 8.12. The van der Waals surface area contributed by atoms with Crippen LogP contribution in [0, 0.1) is 5.92 Å². The number of likely N-dealkylation sites (N-methyl/N-ethyl adjacent to an activating group) is 1. The first-order valence-corrected chi connectivity index (χ1v) is 4.77. The lowest BCUT2D eigenvalue weighted by Gasteiger charge is -2.19. The minimum Gasteiger partial charge on any atom is -0.478 e. The zero-order valence-electron chi connectivity index (χ0n) is 8.12. The van der Waals surface area contributed by atoms with E-state index in [4.69, 9.17) is 5.11 Å². The van der Waals surface area contributed by atoms with Crippen LogP contribution >= 0.6 is 0 Å². The lowest BCUT2D eigenvalue weighted by atomic mass is 10.2. The molecule has 1 saturated carbocycles. The van der Waals surface area contributed by atoms with Crippen molar-refractivity contribution in [3.63, 3.8) is 0 Å². The molecule has 1 aliphatic rings. The van der Waals surface area contributed by atoms with Gasteiger partial charge in [-0.15, -0.1) is 0 Å². The summed E-state index contributed by atoms with van der Waals surface area (Å²) in [6.45, 7) is 8.02. The standard InChI is InChI=1S/C10H17NO2/c1-3-11(7-9-4-5-9)6-8(2)10(12)13/h9H,2-7H2,1H3,(H,12,13). The average molecular weight is 183 g/mol. The molecule has 1 N–H and O–H groups in total. The monoisotopic (exact) mass is 183 g/mol. The van der Waals surface area contributed by atoms with E-state index in [0.717, 1.165) is 19.0 Å². The molecule has 0 bridgehead atoms. The van der Waals surface area contributed by atoms with Crippen LogP contribution in [0.3, 0.4) is 0 Å². The third-order valence-electron chi connectivity index (χ3n) is 2.38. The van der Waals surface area contributed by atoms with Crippen molar-refractivity contribution >= 4 is 5.97 Å². The van der Waals surface area contributed by atoms with Crippen molar-refractivity contribution < 1.29 is 9.90 Å². The van der Waals surface area contributed by atoms with Crippen LogP contribution in [-0.2, 0) is 4.79 Å². The Balaban J connectivity index is 2.29. The maximum absolute atomic E-state index is 10.5. The van der Waals surface area contributed by atoms with Gasteiger partial charge in [-0.1, -0.05) is 13.5 Å². The third kappa shape index (κ3) is 3.59. The number of nitrogens with zero attached hydrogens (tertiary/aromatic N) is 1. The lowest BCUT2D eigenvalue weighted by Crippen LogP contribution is -2.29. The SMILES string of the molecule is C=C(CN(CC)CC1CC1)C(=O)O. The van der Waals surface area contributed by atoms with E-state index in [2.05, 4.69) is 18.4 Å². The molecule has 0 amide bonds. The maximum atomic E-state index is 10.5. The summed E-state index contributed by atoms with van der Waals surface area (Å²) >= 11 is 0. The van der Waals surface area contributed by atoms with Gasteiger partial charge >= 0.3 is 5.97 Å². The molecule has 1 rings (SSSR count). The largest absolute Gasteiger partial charge is 0.478 e. The fraction of sp³-hybridized carbons (Fsp3) is 0.700. The minimum atomic E-state index is -0.880. The van der Waals surface area contributed by atoms with E-state index >= 15 is 0 Å². The van der Waals surface area contributed by atoms with Crippen LogP contribution in [0.1, 0.15) is 19.8 Å². The molecule has 0 saturated heterocycles. The molecule has 0 aliphatic heterocycles. The molecule has 0 unspecified atom stereocenters. The summed E-state index contributed by atoms with van der Waals surface area (Å²) < 4.78 is 0. The molecule has 1 aliphatic carbocycles. The molecular weight excluding hydrogens is 166 g/mol. The van der Waals surface area contributed by atoms with Crippen LogP contribution < -0.4 is 0 Å². The number of carboxylic acids is 1. The maximum Gasteiger partial charge on any atom is 0.332 e. The Labute approximate surface area is 79.0 Å². The Morgan fingerprint density at radius 1 is 1.62 bits per heavy atom. The molecule has 0 radical (unpaired) electrons. The Hall–Kier alpha value is -0.830. The molecule has 74 valence electrons. The van der Waals surface area contributed by atoms with Gasteiger partial charge in [0.1, 0.15) is 0 Å². The number of hydrogen-bond donors (Lipinski definition) is 1. The zero-order chi connectivity index (χ0) is 9.84. The van der Waals surface area contributed by atoms with E-state index in [9.17, 15) is 4.79 Å². The highest BCUT2D eigenvalue weighted by Gasteiger charge is 2.24. The Morgan fingerprint density at radius 3 is 2.62 bits per heavy atom. The van der Waals surface area contributed by atoms with Gasteiger partial charge in [0, 0.05) is 18.7 Å². The second-order valence-corrected chi connectivity index (χ2v) is 3.68. The third-order valence-corrected chi connectivity index (χ3v) is 2.38. The van der Waals surface area contributed by atoms with Crippen LogP contribution in [0.15, 0.2) is 12.2 Å². The summed E-state index contributed by atoms with van der Waals surface area (Å²) in [4.78, 5) is 12.7. The second kappa shape index (κ2) is 4.42. The predicted molar refractivity (Wildman–Crippen MR) is 51.6 cm³/mol. The van der Waals surface area contributed by atoms with Crippen molar-refractivity contribution in [2.45, 2.75) is 19.8 Å². The molecule has 0 aromatic carbocycles. The molecule has 0 aromatic heterocycles. The molecular formula is C10H17NO2. The van der Waals surface area contributed by atoms with Gasteiger partial charge < -0.3 is 5.11 Å². The second-order valence-electron chi connectivity index (χ2n) is 3.68. The molecule has 1 fully saturated rings. The quantitative estimate of drug-likeness (QED) is 0.632. The van der Waals surface area contributed by atoms with Gasteiger partial charge in [-0.05, 0) is 25.3 Å². The first kappa shape index (κ1) is 10.3. The molecule has 0 aromatic rings. The Bertz CT molecular complexity index is 209. The van der Waals surface area contributed by atoms with Crippen LogP contribution in [0.4, 0.5) is 0 Å². The van der Waals surface area contributed by atoms with Crippen molar-refractivity contribution in [3.8, 4) is 0 Å². The summed E-state index contributed by atoms with van der Waals surface area (Å²) in [7, 11) is 0. The van der Waals surface area contributed by atoms with Crippen LogP contribution in [0.5, 0.6) is 0 Å². The molecule has 13 heavy (non-hydrogen) atoms. The number of carbonyl (C=O) groups is 1. The molecule has 0 atom stereocenters.